The first kappa shape index (κ1) is 19.0. The highest BCUT2D eigenvalue weighted by Crippen LogP contribution is 2.42. The van der Waals surface area contributed by atoms with Crippen LogP contribution in [0, 0.1) is 0 Å². The molecule has 2 aromatic heterocycles. The van der Waals surface area contributed by atoms with Crippen LogP contribution in [0.15, 0.2) is 36.4 Å². The van der Waals surface area contributed by atoms with Crippen molar-refractivity contribution in [1.29, 1.82) is 0 Å². The molecule has 2 heterocycles. The molecule has 10 heteroatoms. The molecular weight excluding hydrogens is 374 g/mol. The SMILES string of the molecule is COc1cc(-c2ccc(B(O)O)s2)c(OC)cc1-c1ccc(B(O)O)s1. The third-order valence-electron chi connectivity index (χ3n) is 3.82. The van der Waals surface area contributed by atoms with Crippen molar-refractivity contribution in [3.63, 3.8) is 0 Å². The van der Waals surface area contributed by atoms with Crippen LogP contribution in [-0.2, 0) is 0 Å². The maximum atomic E-state index is 9.32. The number of hydrogen-bond donors (Lipinski definition) is 4. The quantitative estimate of drug-likeness (QED) is 0.459. The lowest BCUT2D eigenvalue weighted by Crippen LogP contribution is -2.26. The third kappa shape index (κ3) is 3.66. The molecule has 0 amide bonds. The second-order valence-electron chi connectivity index (χ2n) is 5.40. The van der Waals surface area contributed by atoms with Gasteiger partial charge in [0.2, 0.25) is 0 Å². The molecule has 0 atom stereocenters. The maximum absolute atomic E-state index is 9.32. The average molecular weight is 390 g/mol. The monoisotopic (exact) mass is 390 g/mol. The van der Waals surface area contributed by atoms with Gasteiger partial charge < -0.3 is 29.6 Å². The van der Waals surface area contributed by atoms with E-state index in [2.05, 4.69) is 0 Å². The van der Waals surface area contributed by atoms with E-state index in [1.807, 2.05) is 12.1 Å². The molecule has 3 aromatic rings. The molecule has 1 aromatic carbocycles. The highest BCUT2D eigenvalue weighted by Gasteiger charge is 2.21. The summed E-state index contributed by atoms with van der Waals surface area (Å²) in [5, 5.41) is 37.3. The zero-order valence-corrected chi connectivity index (χ0v) is 15.7. The normalized spacial score (nSPS) is 10.7. The van der Waals surface area contributed by atoms with Gasteiger partial charge in [-0.3, -0.25) is 0 Å². The summed E-state index contributed by atoms with van der Waals surface area (Å²) in [5.41, 5.74) is 1.54. The van der Waals surface area contributed by atoms with Crippen LogP contribution < -0.4 is 19.0 Å². The van der Waals surface area contributed by atoms with Gasteiger partial charge in [-0.2, -0.15) is 0 Å². The van der Waals surface area contributed by atoms with Crippen molar-refractivity contribution in [2.45, 2.75) is 0 Å². The van der Waals surface area contributed by atoms with E-state index in [1.54, 1.807) is 38.5 Å². The van der Waals surface area contributed by atoms with Gasteiger partial charge in [0.1, 0.15) is 11.5 Å². The van der Waals surface area contributed by atoms with E-state index in [9.17, 15) is 20.1 Å². The van der Waals surface area contributed by atoms with Gasteiger partial charge in [0, 0.05) is 30.4 Å². The van der Waals surface area contributed by atoms with E-state index in [0.717, 1.165) is 20.9 Å². The van der Waals surface area contributed by atoms with Crippen LogP contribution in [0.2, 0.25) is 0 Å². The lowest BCUT2D eigenvalue weighted by molar-refractivity contribution is 0.406. The molecule has 0 aliphatic rings. The van der Waals surface area contributed by atoms with Crippen molar-refractivity contribution in [3.05, 3.63) is 36.4 Å². The average Bonchev–Trinajstić information content (AvgIpc) is 3.30. The Balaban J connectivity index is 2.10. The predicted octanol–water partition coefficient (Wildman–Crippen LogP) is 0.520. The molecule has 0 spiro atoms. The molecule has 0 aliphatic heterocycles. The number of ether oxygens (including phenoxy) is 2. The van der Waals surface area contributed by atoms with Gasteiger partial charge in [-0.05, 0) is 24.3 Å². The topological polar surface area (TPSA) is 99.4 Å². The minimum Gasteiger partial charge on any atom is -0.496 e. The predicted molar refractivity (Wildman–Crippen MR) is 106 cm³/mol. The van der Waals surface area contributed by atoms with Crippen molar-refractivity contribution in [3.8, 4) is 32.4 Å². The van der Waals surface area contributed by atoms with E-state index >= 15 is 0 Å². The van der Waals surface area contributed by atoms with Crippen molar-refractivity contribution < 1.29 is 29.6 Å². The Morgan fingerprint density at radius 1 is 0.692 bits per heavy atom. The zero-order valence-electron chi connectivity index (χ0n) is 14.0. The molecule has 0 unspecified atom stereocenters. The van der Waals surface area contributed by atoms with E-state index in [1.165, 1.54) is 22.7 Å². The van der Waals surface area contributed by atoms with Gasteiger partial charge in [-0.25, -0.2) is 0 Å². The zero-order chi connectivity index (χ0) is 18.8. The summed E-state index contributed by atoms with van der Waals surface area (Å²) >= 11 is 2.51. The van der Waals surface area contributed by atoms with Crippen molar-refractivity contribution in [1.82, 2.24) is 0 Å². The first-order valence-electron chi connectivity index (χ1n) is 7.63. The van der Waals surface area contributed by atoms with E-state index < -0.39 is 14.2 Å². The Bertz CT molecular complexity index is 832. The second kappa shape index (κ2) is 7.83. The smallest absolute Gasteiger partial charge is 0.496 e. The number of methoxy groups -OCH3 is 2. The van der Waals surface area contributed by atoms with Crippen molar-refractivity contribution >= 4 is 46.5 Å². The Labute approximate surface area is 159 Å². The highest BCUT2D eigenvalue weighted by atomic mass is 32.1. The second-order valence-corrected chi connectivity index (χ2v) is 7.63. The first-order valence-corrected chi connectivity index (χ1v) is 9.26. The molecule has 0 fully saturated rings. The fourth-order valence-electron chi connectivity index (χ4n) is 2.56. The third-order valence-corrected chi connectivity index (χ3v) is 6.13. The molecule has 4 N–H and O–H groups in total. The molecule has 6 nitrogen and oxygen atoms in total. The molecule has 26 heavy (non-hydrogen) atoms. The summed E-state index contributed by atoms with van der Waals surface area (Å²) in [6.45, 7) is 0. The van der Waals surface area contributed by atoms with Crippen LogP contribution in [0.1, 0.15) is 0 Å². The molecule has 0 bridgehead atoms. The van der Waals surface area contributed by atoms with E-state index in [0.29, 0.717) is 21.1 Å². The van der Waals surface area contributed by atoms with Crippen LogP contribution in [0.5, 0.6) is 11.5 Å². The Hall–Kier alpha value is -1.81. The summed E-state index contributed by atoms with van der Waals surface area (Å²) in [4.78, 5) is 1.62. The largest absolute Gasteiger partial charge is 0.499 e. The lowest BCUT2D eigenvalue weighted by atomic mass is 9.90. The molecule has 0 radical (unpaired) electrons. The first-order chi connectivity index (χ1) is 12.4. The van der Waals surface area contributed by atoms with Crippen LogP contribution in [0.3, 0.4) is 0 Å². The van der Waals surface area contributed by atoms with Crippen LogP contribution in [0.4, 0.5) is 0 Å². The summed E-state index contributed by atoms with van der Waals surface area (Å²) in [7, 11) is 0.0784. The van der Waals surface area contributed by atoms with E-state index in [-0.39, 0.29) is 0 Å². The summed E-state index contributed by atoms with van der Waals surface area (Å²) < 4.78 is 11.9. The minimum atomic E-state index is -1.52. The van der Waals surface area contributed by atoms with E-state index in [4.69, 9.17) is 9.47 Å². The van der Waals surface area contributed by atoms with Gasteiger partial charge >= 0.3 is 14.2 Å². The van der Waals surface area contributed by atoms with Crippen molar-refractivity contribution in [2.75, 3.05) is 14.2 Å². The highest BCUT2D eigenvalue weighted by molar-refractivity contribution is 7.25. The molecule has 0 saturated carbocycles. The standard InChI is InChI=1S/C16H16B2O6S2/c1-23-11-7-10(14-4-6-16(26-14)18(21)22)12(24-2)8-9(11)13-3-5-15(25-13)17(19)20/h3-8,19-22H,1-2H3. The summed E-state index contributed by atoms with van der Waals surface area (Å²) in [6, 6.07) is 10.5. The van der Waals surface area contributed by atoms with Gasteiger partial charge in [-0.1, -0.05) is 12.1 Å². The molecule has 0 aliphatic carbocycles. The van der Waals surface area contributed by atoms with Gasteiger partial charge in [0.25, 0.3) is 0 Å². The van der Waals surface area contributed by atoms with Crippen LogP contribution in [-0.4, -0.2) is 48.6 Å². The van der Waals surface area contributed by atoms with Gasteiger partial charge in [0.05, 0.1) is 14.2 Å². The summed E-state index contributed by atoms with van der Waals surface area (Å²) in [6.07, 6.45) is 0. The fourth-order valence-corrected chi connectivity index (χ4v) is 4.36. The number of hydrogen-bond acceptors (Lipinski definition) is 8. The lowest BCUT2D eigenvalue weighted by Gasteiger charge is -2.13. The Morgan fingerprint density at radius 3 is 1.35 bits per heavy atom. The number of rotatable bonds is 6. The number of thiophene rings is 2. The summed E-state index contributed by atoms with van der Waals surface area (Å²) in [5.74, 6) is 1.20. The van der Waals surface area contributed by atoms with Crippen LogP contribution >= 0.6 is 22.7 Å². The minimum absolute atomic E-state index is 0.435. The Morgan fingerprint density at radius 2 is 1.08 bits per heavy atom. The maximum Gasteiger partial charge on any atom is 0.499 e. The van der Waals surface area contributed by atoms with Gasteiger partial charge in [-0.15, -0.1) is 22.7 Å². The molecule has 134 valence electrons. The molecule has 0 saturated heterocycles. The van der Waals surface area contributed by atoms with Crippen molar-refractivity contribution in [2.24, 2.45) is 0 Å². The molecular formula is C16H16B2O6S2. The van der Waals surface area contributed by atoms with Gasteiger partial charge in [0.15, 0.2) is 0 Å². The molecule has 3 rings (SSSR count). The number of benzene rings is 1. The Kier molecular flexibility index (Phi) is 5.71. The van der Waals surface area contributed by atoms with Crippen LogP contribution in [0.25, 0.3) is 20.9 Å². The fraction of sp³-hybridized carbons (Fsp3) is 0.125.